The fraction of sp³-hybridized carbons (Fsp3) is 0.286. The fourth-order valence-electron chi connectivity index (χ4n) is 2.77. The molecule has 0 saturated carbocycles. The minimum Gasteiger partial charge on any atom is -0.478 e. The fourth-order valence-corrected chi connectivity index (χ4v) is 2.77. The van der Waals surface area contributed by atoms with Crippen LogP contribution in [0.3, 0.4) is 0 Å². The van der Waals surface area contributed by atoms with Crippen LogP contribution in [0.25, 0.3) is 10.9 Å². The molecule has 0 saturated heterocycles. The maximum absolute atomic E-state index is 13.9. The van der Waals surface area contributed by atoms with Gasteiger partial charge in [0.2, 0.25) is 0 Å². The molecule has 98 valence electrons. The van der Waals surface area contributed by atoms with Gasteiger partial charge in [0.15, 0.2) is 0 Å². The molecule has 3 rings (SSSR count). The lowest BCUT2D eigenvalue weighted by atomic mass is 10.00. The Bertz CT molecular complexity index is 712. The number of fused-ring (bicyclic) bond motifs is 2. The van der Waals surface area contributed by atoms with Gasteiger partial charge in [-0.1, -0.05) is 6.92 Å². The van der Waals surface area contributed by atoms with E-state index in [9.17, 15) is 18.7 Å². The molecule has 1 aromatic heterocycles. The van der Waals surface area contributed by atoms with Crippen LogP contribution >= 0.6 is 0 Å². The third kappa shape index (κ3) is 1.69. The molecule has 2 aromatic rings. The number of nitrogens with zero attached hydrogens (tertiary/aromatic N) is 1. The molecule has 0 radical (unpaired) electrons. The van der Waals surface area contributed by atoms with Crippen molar-refractivity contribution >= 4 is 16.9 Å². The van der Waals surface area contributed by atoms with Crippen LogP contribution in [0, 0.1) is 11.6 Å². The van der Waals surface area contributed by atoms with Crippen LogP contribution in [0.4, 0.5) is 8.78 Å². The molecule has 1 N–H and O–H groups in total. The monoisotopic (exact) mass is 263 g/mol. The van der Waals surface area contributed by atoms with Crippen LogP contribution in [0.1, 0.15) is 40.9 Å². The molecule has 19 heavy (non-hydrogen) atoms. The number of carboxylic acids is 1. The lowest BCUT2D eigenvalue weighted by Crippen LogP contribution is -2.07. The van der Waals surface area contributed by atoms with Crippen molar-refractivity contribution in [2.24, 2.45) is 0 Å². The molecule has 3 nitrogen and oxygen atoms in total. The van der Waals surface area contributed by atoms with Crippen LogP contribution in [-0.2, 0) is 6.42 Å². The Hall–Kier alpha value is -2.04. The van der Waals surface area contributed by atoms with Gasteiger partial charge in [-0.3, -0.25) is 4.98 Å². The van der Waals surface area contributed by atoms with Crippen molar-refractivity contribution in [1.29, 1.82) is 0 Å². The normalized spacial score (nSPS) is 17.7. The van der Waals surface area contributed by atoms with Crippen molar-refractivity contribution < 1.29 is 18.7 Å². The Morgan fingerprint density at radius 3 is 2.84 bits per heavy atom. The first-order chi connectivity index (χ1) is 8.99. The minimum atomic E-state index is -1.19. The molecule has 1 aliphatic carbocycles. The number of hydrogen-bond acceptors (Lipinski definition) is 2. The van der Waals surface area contributed by atoms with Crippen LogP contribution in [0.2, 0.25) is 0 Å². The second kappa shape index (κ2) is 3.98. The molecule has 1 aromatic carbocycles. The van der Waals surface area contributed by atoms with Crippen molar-refractivity contribution in [3.8, 4) is 0 Å². The third-order valence-electron chi connectivity index (χ3n) is 3.64. The number of hydrogen-bond donors (Lipinski definition) is 1. The highest BCUT2D eigenvalue weighted by Crippen LogP contribution is 2.37. The summed E-state index contributed by atoms with van der Waals surface area (Å²) < 4.78 is 27.1. The molecule has 0 bridgehead atoms. The number of carbonyl (C=O) groups is 1. The molecule has 0 fully saturated rings. The first-order valence-corrected chi connectivity index (χ1v) is 6.04. The number of carboxylic acid groups (broad SMARTS) is 1. The Morgan fingerprint density at radius 1 is 1.42 bits per heavy atom. The van der Waals surface area contributed by atoms with Crippen LogP contribution < -0.4 is 0 Å². The zero-order valence-corrected chi connectivity index (χ0v) is 10.2. The summed E-state index contributed by atoms with van der Waals surface area (Å²) in [5.74, 6) is -2.70. The predicted molar refractivity (Wildman–Crippen MR) is 65.4 cm³/mol. The average Bonchev–Trinajstić information content (AvgIpc) is 2.68. The molecular weight excluding hydrogens is 252 g/mol. The highest BCUT2D eigenvalue weighted by atomic mass is 19.1. The van der Waals surface area contributed by atoms with Crippen molar-refractivity contribution in [1.82, 2.24) is 4.98 Å². The number of aromatic nitrogens is 1. The molecule has 0 spiro atoms. The van der Waals surface area contributed by atoms with E-state index >= 15 is 0 Å². The second-order valence-electron chi connectivity index (χ2n) is 4.88. The maximum Gasteiger partial charge on any atom is 0.336 e. The van der Waals surface area contributed by atoms with Crippen LogP contribution in [-0.4, -0.2) is 16.1 Å². The summed E-state index contributed by atoms with van der Waals surface area (Å²) in [5, 5.41) is 9.24. The standard InChI is InChI=1S/C14H11F2NO2/c1-6-2-3-8-11(14(18)19)12-9(16)4-7(15)5-10(12)17-13(6)8/h4-6H,2-3H2,1H3,(H,18,19). The summed E-state index contributed by atoms with van der Waals surface area (Å²) >= 11 is 0. The van der Waals surface area contributed by atoms with Gasteiger partial charge in [-0.15, -0.1) is 0 Å². The maximum atomic E-state index is 13.9. The Balaban J connectivity index is 2.49. The van der Waals surface area contributed by atoms with Gasteiger partial charge in [-0.25, -0.2) is 13.6 Å². The highest BCUT2D eigenvalue weighted by Gasteiger charge is 2.29. The largest absolute Gasteiger partial charge is 0.478 e. The second-order valence-corrected chi connectivity index (χ2v) is 4.88. The minimum absolute atomic E-state index is 0.0677. The predicted octanol–water partition coefficient (Wildman–Crippen LogP) is 3.26. The number of benzene rings is 1. The zero-order chi connectivity index (χ0) is 13.7. The number of rotatable bonds is 1. The van der Waals surface area contributed by atoms with Gasteiger partial charge < -0.3 is 5.11 Å². The van der Waals surface area contributed by atoms with Gasteiger partial charge in [0.25, 0.3) is 0 Å². The summed E-state index contributed by atoms with van der Waals surface area (Å²) in [6.07, 6.45) is 1.35. The quantitative estimate of drug-likeness (QED) is 0.859. The molecule has 1 heterocycles. The van der Waals surface area contributed by atoms with E-state index in [1.54, 1.807) is 0 Å². The molecular formula is C14H11F2NO2. The summed E-state index contributed by atoms with van der Waals surface area (Å²) in [6, 6.07) is 1.78. The van der Waals surface area contributed by atoms with E-state index in [1.165, 1.54) is 0 Å². The lowest BCUT2D eigenvalue weighted by Gasteiger charge is -2.11. The summed E-state index contributed by atoms with van der Waals surface area (Å²) in [6.45, 7) is 1.94. The van der Waals surface area contributed by atoms with E-state index in [-0.39, 0.29) is 22.4 Å². The Kier molecular flexibility index (Phi) is 2.52. The number of halogens is 2. The van der Waals surface area contributed by atoms with E-state index in [4.69, 9.17) is 0 Å². The lowest BCUT2D eigenvalue weighted by molar-refractivity contribution is 0.0697. The molecule has 0 aliphatic heterocycles. The zero-order valence-electron chi connectivity index (χ0n) is 10.2. The van der Waals surface area contributed by atoms with Crippen molar-refractivity contribution in [3.05, 3.63) is 40.6 Å². The van der Waals surface area contributed by atoms with Crippen LogP contribution in [0.15, 0.2) is 12.1 Å². The molecule has 1 unspecified atom stereocenters. The van der Waals surface area contributed by atoms with E-state index in [2.05, 4.69) is 4.98 Å². The first-order valence-electron chi connectivity index (χ1n) is 6.04. The van der Waals surface area contributed by atoms with E-state index in [0.717, 1.165) is 12.5 Å². The van der Waals surface area contributed by atoms with Gasteiger partial charge in [-0.05, 0) is 24.3 Å². The number of pyridine rings is 1. The molecule has 0 amide bonds. The first kappa shape index (κ1) is 12.0. The smallest absolute Gasteiger partial charge is 0.336 e. The Labute approximate surface area is 107 Å². The van der Waals surface area contributed by atoms with Gasteiger partial charge in [0, 0.05) is 17.8 Å². The molecule has 1 aliphatic rings. The SMILES string of the molecule is CC1CCc2c1nc1cc(F)cc(F)c1c2C(=O)O. The van der Waals surface area contributed by atoms with Gasteiger partial charge in [0.1, 0.15) is 11.6 Å². The topological polar surface area (TPSA) is 50.2 Å². The van der Waals surface area contributed by atoms with Gasteiger partial charge in [0.05, 0.1) is 16.5 Å². The van der Waals surface area contributed by atoms with E-state index in [1.807, 2.05) is 6.92 Å². The number of aromatic carboxylic acids is 1. The molecule has 5 heteroatoms. The summed E-state index contributed by atoms with van der Waals surface area (Å²) in [4.78, 5) is 15.7. The van der Waals surface area contributed by atoms with E-state index < -0.39 is 17.6 Å². The summed E-state index contributed by atoms with van der Waals surface area (Å²) in [5.41, 5.74) is 1.23. The van der Waals surface area contributed by atoms with Crippen molar-refractivity contribution in [2.45, 2.75) is 25.7 Å². The summed E-state index contributed by atoms with van der Waals surface area (Å²) in [7, 11) is 0. The van der Waals surface area contributed by atoms with Gasteiger partial charge in [-0.2, -0.15) is 0 Å². The van der Waals surface area contributed by atoms with Gasteiger partial charge >= 0.3 is 5.97 Å². The van der Waals surface area contributed by atoms with E-state index in [0.29, 0.717) is 23.7 Å². The average molecular weight is 263 g/mol. The molecule has 1 atom stereocenters. The Morgan fingerprint density at radius 2 is 2.16 bits per heavy atom. The van der Waals surface area contributed by atoms with Crippen molar-refractivity contribution in [3.63, 3.8) is 0 Å². The highest BCUT2D eigenvalue weighted by molar-refractivity contribution is 6.04. The van der Waals surface area contributed by atoms with Crippen LogP contribution in [0.5, 0.6) is 0 Å². The third-order valence-corrected chi connectivity index (χ3v) is 3.64. The van der Waals surface area contributed by atoms with Crippen molar-refractivity contribution in [2.75, 3.05) is 0 Å².